The van der Waals surface area contributed by atoms with Gasteiger partial charge in [-0.15, -0.1) is 0 Å². The van der Waals surface area contributed by atoms with Crippen LogP contribution in [0.3, 0.4) is 0 Å². The minimum absolute atomic E-state index is 1.02. The summed E-state index contributed by atoms with van der Waals surface area (Å²) < 4.78 is 0. The maximum Gasteiger partial charge on any atom is 0.127 e. The second-order valence-corrected chi connectivity index (χ2v) is 5.93. The lowest BCUT2D eigenvalue weighted by atomic mass is 10.1. The van der Waals surface area contributed by atoms with Gasteiger partial charge in [0, 0.05) is 32.2 Å². The highest BCUT2D eigenvalue weighted by molar-refractivity contribution is 5.37. The molecule has 2 heterocycles. The fraction of sp³-hybridized carbons (Fsp3) is 0.500. The fourth-order valence-corrected chi connectivity index (χ4v) is 2.22. The molecule has 2 rings (SSSR count). The van der Waals surface area contributed by atoms with Crippen LogP contribution >= 0.6 is 0 Å². The van der Waals surface area contributed by atoms with Gasteiger partial charge in [0.05, 0.1) is 0 Å². The molecule has 0 aliphatic rings. The predicted octanol–water partition coefficient (Wildman–Crippen LogP) is 4.70. The van der Waals surface area contributed by atoms with Gasteiger partial charge in [-0.25, -0.2) is 4.98 Å². The largest absolute Gasteiger partial charge is 0.363 e. The Bertz CT molecular complexity index is 530. The summed E-state index contributed by atoms with van der Waals surface area (Å²) in [6.07, 6.45) is 9.64. The van der Waals surface area contributed by atoms with E-state index in [1.807, 2.05) is 31.4 Å². The lowest BCUT2D eigenvalue weighted by Gasteiger charge is -2.10. The van der Waals surface area contributed by atoms with Crippen LogP contribution in [-0.4, -0.2) is 24.1 Å². The first-order valence-electron chi connectivity index (χ1n) is 8.66. The van der Waals surface area contributed by atoms with Crippen molar-refractivity contribution in [2.24, 2.45) is 0 Å². The highest BCUT2D eigenvalue weighted by atomic mass is 15.1. The smallest absolute Gasteiger partial charge is 0.127 e. The van der Waals surface area contributed by atoms with Crippen molar-refractivity contribution in [2.75, 3.05) is 19.0 Å². The van der Waals surface area contributed by atoms with Crippen LogP contribution in [0.15, 0.2) is 36.7 Å². The summed E-state index contributed by atoms with van der Waals surface area (Å²) in [6.45, 7) is 6.50. The second kappa shape index (κ2) is 10.8. The van der Waals surface area contributed by atoms with Gasteiger partial charge in [-0.05, 0) is 42.5 Å². The van der Waals surface area contributed by atoms with Crippen molar-refractivity contribution < 1.29 is 0 Å². The van der Waals surface area contributed by atoms with Gasteiger partial charge < -0.3 is 4.90 Å². The summed E-state index contributed by atoms with van der Waals surface area (Å²) in [7, 11) is 4.00. The molecule has 0 radical (unpaired) electrons. The molecule has 2 aromatic heterocycles. The minimum Gasteiger partial charge on any atom is -0.363 e. The molecule has 0 bridgehead atoms. The maximum absolute atomic E-state index is 4.32. The van der Waals surface area contributed by atoms with Crippen LogP contribution in [0, 0.1) is 0 Å². The summed E-state index contributed by atoms with van der Waals surface area (Å²) in [5.74, 6) is 1.02. The Kier molecular flexibility index (Phi) is 8.96. The molecule has 126 valence electrons. The van der Waals surface area contributed by atoms with Gasteiger partial charge in [-0.2, -0.15) is 0 Å². The Labute approximate surface area is 141 Å². The molecule has 0 spiro atoms. The van der Waals surface area contributed by atoms with Gasteiger partial charge in [0.1, 0.15) is 5.82 Å². The quantitative estimate of drug-likeness (QED) is 0.774. The molecular weight excluding hydrogens is 282 g/mol. The Balaban J connectivity index is 0.000000231. The molecule has 23 heavy (non-hydrogen) atoms. The van der Waals surface area contributed by atoms with Crippen molar-refractivity contribution in [2.45, 2.75) is 52.9 Å². The summed E-state index contributed by atoms with van der Waals surface area (Å²) in [4.78, 5) is 10.6. The molecule has 0 saturated carbocycles. The predicted molar refractivity (Wildman–Crippen MR) is 100 cm³/mol. The molecule has 0 aromatic carbocycles. The lowest BCUT2D eigenvalue weighted by Crippen LogP contribution is -2.10. The van der Waals surface area contributed by atoms with Gasteiger partial charge in [0.2, 0.25) is 0 Å². The van der Waals surface area contributed by atoms with Crippen LogP contribution in [0.1, 0.15) is 50.4 Å². The van der Waals surface area contributed by atoms with Crippen LogP contribution in [0.4, 0.5) is 5.82 Å². The van der Waals surface area contributed by atoms with Gasteiger partial charge in [0.15, 0.2) is 0 Å². The van der Waals surface area contributed by atoms with Crippen LogP contribution in [0.5, 0.6) is 0 Å². The SMILES string of the molecule is CCCc1ccc(CC)nc1.CCCc1ccc(N(C)C)nc1. The normalized spacial score (nSPS) is 9.96. The van der Waals surface area contributed by atoms with Gasteiger partial charge >= 0.3 is 0 Å². The van der Waals surface area contributed by atoms with Crippen molar-refractivity contribution in [3.63, 3.8) is 0 Å². The number of hydrogen-bond acceptors (Lipinski definition) is 3. The van der Waals surface area contributed by atoms with E-state index < -0.39 is 0 Å². The monoisotopic (exact) mass is 313 g/mol. The molecule has 0 aliphatic carbocycles. The van der Waals surface area contributed by atoms with Crippen LogP contribution in [0.25, 0.3) is 0 Å². The molecule has 0 atom stereocenters. The highest BCUT2D eigenvalue weighted by Crippen LogP contribution is 2.08. The first kappa shape index (κ1) is 19.1. The Morgan fingerprint density at radius 3 is 1.70 bits per heavy atom. The standard InChI is InChI=1S/C10H16N2.C10H15N/c1-4-5-9-6-7-10(11-8-9)12(2)3;1-3-5-9-6-7-10(4-2)11-8-9/h6-8H,4-5H2,1-3H3;6-8H,3-5H2,1-2H3. The number of anilines is 1. The molecule has 0 fully saturated rings. The third kappa shape index (κ3) is 7.27. The van der Waals surface area contributed by atoms with Crippen molar-refractivity contribution >= 4 is 5.82 Å². The summed E-state index contributed by atoms with van der Waals surface area (Å²) >= 11 is 0. The fourth-order valence-electron chi connectivity index (χ4n) is 2.22. The van der Waals surface area contributed by atoms with E-state index in [0.29, 0.717) is 0 Å². The zero-order chi connectivity index (χ0) is 17.1. The number of rotatable bonds is 6. The number of aromatic nitrogens is 2. The van der Waals surface area contributed by atoms with Gasteiger partial charge in [-0.3, -0.25) is 4.98 Å². The summed E-state index contributed by atoms with van der Waals surface area (Å²) in [5.41, 5.74) is 3.86. The molecule has 0 aliphatic heterocycles. The van der Waals surface area contributed by atoms with E-state index in [0.717, 1.165) is 25.1 Å². The number of nitrogens with zero attached hydrogens (tertiary/aromatic N) is 3. The van der Waals surface area contributed by atoms with Crippen LogP contribution < -0.4 is 4.90 Å². The van der Waals surface area contributed by atoms with Crippen molar-refractivity contribution in [1.29, 1.82) is 0 Å². The van der Waals surface area contributed by atoms with Crippen LogP contribution in [0.2, 0.25) is 0 Å². The topological polar surface area (TPSA) is 29.0 Å². The highest BCUT2D eigenvalue weighted by Gasteiger charge is 1.96. The number of pyridine rings is 2. The van der Waals surface area contributed by atoms with Gasteiger partial charge in [-0.1, -0.05) is 45.7 Å². The Hall–Kier alpha value is -1.90. The molecule has 0 saturated heterocycles. The van der Waals surface area contributed by atoms with E-state index in [1.54, 1.807) is 0 Å². The van der Waals surface area contributed by atoms with Crippen molar-refractivity contribution in [3.8, 4) is 0 Å². The maximum atomic E-state index is 4.32. The van der Waals surface area contributed by atoms with E-state index in [1.165, 1.54) is 29.7 Å². The molecular formula is C20H31N3. The summed E-state index contributed by atoms with van der Waals surface area (Å²) in [6, 6.07) is 8.50. The molecule has 0 amide bonds. The third-order valence-corrected chi connectivity index (χ3v) is 3.59. The van der Waals surface area contributed by atoms with E-state index >= 15 is 0 Å². The Morgan fingerprint density at radius 2 is 1.35 bits per heavy atom. The molecule has 3 nitrogen and oxygen atoms in total. The molecule has 0 unspecified atom stereocenters. The van der Waals surface area contributed by atoms with Crippen molar-refractivity contribution in [3.05, 3.63) is 53.5 Å². The first-order chi connectivity index (χ1) is 11.1. The van der Waals surface area contributed by atoms with Crippen LogP contribution in [-0.2, 0) is 19.3 Å². The van der Waals surface area contributed by atoms with Crippen molar-refractivity contribution in [1.82, 2.24) is 9.97 Å². The molecule has 2 aromatic rings. The van der Waals surface area contributed by atoms with E-state index in [4.69, 9.17) is 0 Å². The second-order valence-electron chi connectivity index (χ2n) is 5.93. The number of aryl methyl sites for hydroxylation is 3. The minimum atomic E-state index is 1.02. The molecule has 0 N–H and O–H groups in total. The first-order valence-corrected chi connectivity index (χ1v) is 8.66. The zero-order valence-electron chi connectivity index (χ0n) is 15.3. The average Bonchev–Trinajstić information content (AvgIpc) is 2.57. The lowest BCUT2D eigenvalue weighted by molar-refractivity contribution is 0.904. The zero-order valence-corrected chi connectivity index (χ0v) is 15.3. The average molecular weight is 313 g/mol. The van der Waals surface area contributed by atoms with Gasteiger partial charge in [0.25, 0.3) is 0 Å². The van der Waals surface area contributed by atoms with E-state index in [9.17, 15) is 0 Å². The third-order valence-electron chi connectivity index (χ3n) is 3.59. The Morgan fingerprint density at radius 1 is 0.783 bits per heavy atom. The van der Waals surface area contributed by atoms with E-state index in [-0.39, 0.29) is 0 Å². The summed E-state index contributed by atoms with van der Waals surface area (Å²) in [5, 5.41) is 0. The number of hydrogen-bond donors (Lipinski definition) is 0. The molecule has 3 heteroatoms. The van der Waals surface area contributed by atoms with E-state index in [2.05, 4.69) is 55.0 Å².